The Morgan fingerprint density at radius 1 is 1.50 bits per heavy atom. The highest BCUT2D eigenvalue weighted by molar-refractivity contribution is 7.78. The molecule has 1 aliphatic carbocycles. The van der Waals surface area contributed by atoms with E-state index < -0.39 is 0 Å². The lowest BCUT2D eigenvalue weighted by atomic mass is 10.7. The van der Waals surface area contributed by atoms with E-state index in [2.05, 4.69) is 12.8 Å². The lowest BCUT2D eigenvalue weighted by Gasteiger charge is -2.19. The van der Waals surface area contributed by atoms with Gasteiger partial charge in [-0.25, -0.2) is 4.79 Å². The van der Waals surface area contributed by atoms with Gasteiger partial charge in [0.2, 0.25) is 0 Å². The van der Waals surface area contributed by atoms with E-state index >= 15 is 0 Å². The molecule has 0 bridgehead atoms. The second kappa shape index (κ2) is 2.70. The van der Waals surface area contributed by atoms with Crippen LogP contribution < -0.4 is 0 Å². The van der Waals surface area contributed by atoms with Crippen molar-refractivity contribution in [1.82, 2.24) is 9.21 Å². The average Bonchev–Trinajstić information content (AvgIpc) is 2.65. The van der Waals surface area contributed by atoms with Crippen molar-refractivity contribution in [2.45, 2.75) is 18.9 Å². The highest BCUT2D eigenvalue weighted by Gasteiger charge is 2.31. The minimum Gasteiger partial charge on any atom is -0.330 e. The van der Waals surface area contributed by atoms with Gasteiger partial charge in [-0.1, -0.05) is 12.8 Å². The van der Waals surface area contributed by atoms with Crippen molar-refractivity contribution < 1.29 is 4.79 Å². The Kier molecular flexibility index (Phi) is 2.08. The third-order valence-corrected chi connectivity index (χ3v) is 1.97. The minimum atomic E-state index is -0.0224. The fourth-order valence-electron chi connectivity index (χ4n) is 0.680. The van der Waals surface area contributed by atoms with Crippen LogP contribution >= 0.6 is 12.8 Å². The highest BCUT2D eigenvalue weighted by Crippen LogP contribution is 2.28. The van der Waals surface area contributed by atoms with Crippen molar-refractivity contribution >= 4 is 18.8 Å². The van der Waals surface area contributed by atoms with Crippen LogP contribution in [0.5, 0.6) is 0 Å². The highest BCUT2D eigenvalue weighted by atomic mass is 32.1. The predicted octanol–water partition coefficient (Wildman–Crippen LogP) is 0.977. The van der Waals surface area contributed by atoms with Crippen LogP contribution in [0.3, 0.4) is 0 Å². The third kappa shape index (κ3) is 1.56. The van der Waals surface area contributed by atoms with E-state index in [-0.39, 0.29) is 6.03 Å². The van der Waals surface area contributed by atoms with E-state index in [1.165, 1.54) is 9.21 Å². The van der Waals surface area contributed by atoms with Crippen molar-refractivity contribution in [1.29, 1.82) is 0 Å². The third-order valence-electron chi connectivity index (χ3n) is 1.47. The summed E-state index contributed by atoms with van der Waals surface area (Å²) in [6.45, 7) is 0. The molecular formula is C6H12N2OS. The Morgan fingerprint density at radius 2 is 2.00 bits per heavy atom. The first-order chi connectivity index (χ1) is 4.63. The van der Waals surface area contributed by atoms with E-state index in [4.69, 9.17) is 0 Å². The van der Waals surface area contributed by atoms with Crippen LogP contribution in [-0.4, -0.2) is 35.4 Å². The summed E-state index contributed by atoms with van der Waals surface area (Å²) >= 11 is 4.06. The van der Waals surface area contributed by atoms with Gasteiger partial charge in [0.25, 0.3) is 0 Å². The maximum Gasteiger partial charge on any atom is 0.329 e. The fraction of sp³-hybridized carbons (Fsp3) is 0.833. The standard InChI is InChI=1S/C6H12N2OS/c1-7(2)6(9)8(10)5-3-4-5/h5,10H,3-4H2,1-2H3. The second-order valence-electron chi connectivity index (χ2n) is 2.75. The largest absolute Gasteiger partial charge is 0.330 e. The van der Waals surface area contributed by atoms with Crippen LogP contribution in [0.25, 0.3) is 0 Å². The molecule has 0 aromatic carbocycles. The molecule has 3 nitrogen and oxygen atoms in total. The van der Waals surface area contributed by atoms with Gasteiger partial charge in [0.15, 0.2) is 0 Å². The Morgan fingerprint density at radius 3 is 2.30 bits per heavy atom. The van der Waals surface area contributed by atoms with E-state index in [1.807, 2.05) is 0 Å². The summed E-state index contributed by atoms with van der Waals surface area (Å²) in [5.41, 5.74) is 0. The minimum absolute atomic E-state index is 0.0224. The molecule has 0 aromatic heterocycles. The molecule has 1 rings (SSSR count). The Bertz CT molecular complexity index is 145. The molecule has 1 aliphatic rings. The maximum atomic E-state index is 11.1. The molecule has 0 saturated heterocycles. The summed E-state index contributed by atoms with van der Waals surface area (Å²) in [6.07, 6.45) is 2.20. The summed E-state index contributed by atoms with van der Waals surface area (Å²) in [5.74, 6) is 0. The van der Waals surface area contributed by atoms with Crippen LogP contribution in [-0.2, 0) is 0 Å². The summed E-state index contributed by atoms with van der Waals surface area (Å²) in [6, 6.07) is 0.365. The van der Waals surface area contributed by atoms with E-state index in [1.54, 1.807) is 14.1 Å². The van der Waals surface area contributed by atoms with Crippen molar-refractivity contribution in [2.75, 3.05) is 14.1 Å². The molecule has 58 valence electrons. The van der Waals surface area contributed by atoms with Crippen molar-refractivity contribution in [3.05, 3.63) is 0 Å². The normalized spacial score (nSPS) is 16.7. The number of amides is 2. The number of hydrogen-bond donors (Lipinski definition) is 1. The zero-order chi connectivity index (χ0) is 7.72. The number of carbonyl (C=O) groups is 1. The van der Waals surface area contributed by atoms with Crippen LogP contribution in [0, 0.1) is 0 Å². The maximum absolute atomic E-state index is 11.1. The molecule has 0 atom stereocenters. The summed E-state index contributed by atoms with van der Waals surface area (Å²) in [5, 5.41) is 0. The quantitative estimate of drug-likeness (QED) is 0.568. The molecule has 0 radical (unpaired) electrons. The molecule has 1 saturated carbocycles. The van der Waals surface area contributed by atoms with Gasteiger partial charge in [-0.05, 0) is 12.8 Å². The van der Waals surface area contributed by atoms with Gasteiger partial charge in [-0.2, -0.15) is 0 Å². The van der Waals surface area contributed by atoms with Crippen LogP contribution in [0.1, 0.15) is 12.8 Å². The first-order valence-electron chi connectivity index (χ1n) is 3.32. The average molecular weight is 160 g/mol. The zero-order valence-corrected chi connectivity index (χ0v) is 7.14. The van der Waals surface area contributed by atoms with E-state index in [0.717, 1.165) is 12.8 Å². The Hall–Kier alpha value is -0.380. The van der Waals surface area contributed by atoms with Crippen molar-refractivity contribution in [3.8, 4) is 0 Å². The number of carbonyl (C=O) groups excluding carboxylic acids is 1. The van der Waals surface area contributed by atoms with Crippen molar-refractivity contribution in [2.24, 2.45) is 0 Å². The van der Waals surface area contributed by atoms with Gasteiger partial charge in [0.05, 0.1) is 0 Å². The molecule has 1 fully saturated rings. The number of hydrogen-bond acceptors (Lipinski definition) is 2. The lowest BCUT2D eigenvalue weighted by molar-refractivity contribution is 0.199. The molecule has 0 spiro atoms. The SMILES string of the molecule is CN(C)C(=O)N(S)C1CC1. The lowest BCUT2D eigenvalue weighted by Crippen LogP contribution is -2.34. The van der Waals surface area contributed by atoms with Gasteiger partial charge in [0, 0.05) is 20.1 Å². The number of nitrogens with zero attached hydrogens (tertiary/aromatic N) is 2. The Balaban J connectivity index is 2.38. The van der Waals surface area contributed by atoms with Crippen LogP contribution in [0.15, 0.2) is 0 Å². The summed E-state index contributed by atoms with van der Waals surface area (Å²) in [4.78, 5) is 12.6. The monoisotopic (exact) mass is 160 g/mol. The van der Waals surface area contributed by atoms with Gasteiger partial charge in [-0.15, -0.1) is 0 Å². The van der Waals surface area contributed by atoms with Crippen LogP contribution in [0.4, 0.5) is 4.79 Å². The molecule has 0 N–H and O–H groups in total. The molecule has 0 aliphatic heterocycles. The van der Waals surface area contributed by atoms with E-state index in [9.17, 15) is 4.79 Å². The molecule has 4 heteroatoms. The zero-order valence-electron chi connectivity index (χ0n) is 6.24. The predicted molar refractivity (Wildman–Crippen MR) is 42.9 cm³/mol. The molecular weight excluding hydrogens is 148 g/mol. The van der Waals surface area contributed by atoms with Gasteiger partial charge < -0.3 is 4.90 Å². The molecule has 2 amide bonds. The topological polar surface area (TPSA) is 23.6 Å². The number of thiol groups is 1. The molecule has 0 aromatic rings. The van der Waals surface area contributed by atoms with E-state index in [0.29, 0.717) is 6.04 Å². The van der Waals surface area contributed by atoms with Gasteiger partial charge >= 0.3 is 6.03 Å². The fourth-order valence-corrected chi connectivity index (χ4v) is 1.09. The molecule has 10 heavy (non-hydrogen) atoms. The Labute approximate surface area is 66.5 Å². The number of rotatable bonds is 1. The second-order valence-corrected chi connectivity index (χ2v) is 3.18. The summed E-state index contributed by atoms with van der Waals surface area (Å²) in [7, 11) is 3.46. The van der Waals surface area contributed by atoms with Gasteiger partial charge in [-0.3, -0.25) is 4.31 Å². The first kappa shape index (κ1) is 7.72. The molecule has 0 heterocycles. The van der Waals surface area contributed by atoms with Gasteiger partial charge in [0.1, 0.15) is 0 Å². The van der Waals surface area contributed by atoms with Crippen molar-refractivity contribution in [3.63, 3.8) is 0 Å². The smallest absolute Gasteiger partial charge is 0.329 e. The summed E-state index contributed by atoms with van der Waals surface area (Å²) < 4.78 is 1.50. The first-order valence-corrected chi connectivity index (χ1v) is 3.72. The molecule has 0 unspecified atom stereocenters. The van der Waals surface area contributed by atoms with Crippen LogP contribution in [0.2, 0.25) is 0 Å². The number of urea groups is 1.